The molecule has 0 saturated heterocycles. The number of carbonyl (C=O) groups is 3. The predicted molar refractivity (Wildman–Crippen MR) is 170 cm³/mol. The second kappa shape index (κ2) is 29.2. The number of hydrogen-bond acceptors (Lipinski definition) is 4. The summed E-state index contributed by atoms with van der Waals surface area (Å²) in [5.74, 6) is -2.57. The Bertz CT molecular complexity index is 638. The monoisotopic (exact) mass is 595 g/mol. The van der Waals surface area contributed by atoms with Gasteiger partial charge in [0.2, 0.25) is 0 Å². The van der Waals surface area contributed by atoms with Gasteiger partial charge in [0.25, 0.3) is 0 Å². The highest BCUT2D eigenvalue weighted by Crippen LogP contribution is 2.19. The molecular formula is C35H65NO6. The van der Waals surface area contributed by atoms with Crippen molar-refractivity contribution in [1.82, 2.24) is 0 Å². The van der Waals surface area contributed by atoms with Crippen molar-refractivity contribution in [3.05, 3.63) is 12.2 Å². The number of unbranched alkanes of at least 4 members (excludes halogenated alkanes) is 17. The molecule has 7 heteroatoms. The summed E-state index contributed by atoms with van der Waals surface area (Å²) in [6, 6.07) is 0. The van der Waals surface area contributed by atoms with Crippen LogP contribution in [0.5, 0.6) is 0 Å². The van der Waals surface area contributed by atoms with E-state index in [2.05, 4.69) is 19.1 Å². The molecule has 0 atom stereocenters. The van der Waals surface area contributed by atoms with E-state index in [1.165, 1.54) is 83.5 Å². The van der Waals surface area contributed by atoms with E-state index in [-0.39, 0.29) is 19.3 Å². The lowest BCUT2D eigenvalue weighted by molar-refractivity contribution is -0.929. The Morgan fingerprint density at radius 2 is 0.833 bits per heavy atom. The molecule has 42 heavy (non-hydrogen) atoms. The Hall–Kier alpha value is -1.89. The first-order valence-corrected chi connectivity index (χ1v) is 17.4. The van der Waals surface area contributed by atoms with Gasteiger partial charge in [-0.25, -0.2) is 0 Å². The van der Waals surface area contributed by atoms with E-state index >= 15 is 0 Å². The number of nitrogens with zero attached hydrogens (tertiary/aromatic N) is 1. The molecule has 0 fully saturated rings. The highest BCUT2D eigenvalue weighted by molar-refractivity contribution is 5.66. The van der Waals surface area contributed by atoms with E-state index in [0.29, 0.717) is 19.3 Å². The number of carbonyl (C=O) groups excluding carboxylic acids is 1. The molecule has 0 aromatic rings. The summed E-state index contributed by atoms with van der Waals surface area (Å²) in [4.78, 5) is 32.9. The molecule has 0 radical (unpaired) electrons. The second-order valence-electron chi connectivity index (χ2n) is 12.4. The largest absolute Gasteiger partial charge is 0.550 e. The SMILES string of the molecule is CCCCCCCCCCC/C=C/CCCCCCC[N+](CCCCC(=O)[O-])(CCCCC(=O)O)CCCCC(=O)O. The molecule has 2 N–H and O–H groups in total. The highest BCUT2D eigenvalue weighted by Gasteiger charge is 2.26. The van der Waals surface area contributed by atoms with E-state index < -0.39 is 17.9 Å². The van der Waals surface area contributed by atoms with E-state index in [1.54, 1.807) is 0 Å². The first kappa shape index (κ1) is 40.1. The van der Waals surface area contributed by atoms with E-state index in [9.17, 15) is 19.5 Å². The third-order valence-electron chi connectivity index (χ3n) is 8.45. The van der Waals surface area contributed by atoms with Gasteiger partial charge in [-0.2, -0.15) is 0 Å². The number of rotatable bonds is 33. The topological polar surface area (TPSA) is 115 Å². The predicted octanol–water partition coefficient (Wildman–Crippen LogP) is 8.05. The molecule has 0 amide bonds. The molecule has 0 aromatic heterocycles. The first-order valence-electron chi connectivity index (χ1n) is 17.4. The second-order valence-corrected chi connectivity index (χ2v) is 12.4. The van der Waals surface area contributed by atoms with Crippen LogP contribution >= 0.6 is 0 Å². The minimum atomic E-state index is -1.02. The van der Waals surface area contributed by atoms with Gasteiger partial charge in [0.05, 0.1) is 26.2 Å². The normalized spacial score (nSPS) is 11.8. The zero-order valence-corrected chi connectivity index (χ0v) is 27.1. The van der Waals surface area contributed by atoms with Crippen LogP contribution in [0.4, 0.5) is 0 Å². The van der Waals surface area contributed by atoms with Crippen LogP contribution in [0.15, 0.2) is 12.2 Å². The maximum absolute atomic E-state index is 11.0. The summed E-state index contributed by atoms with van der Waals surface area (Å²) in [7, 11) is 0. The molecule has 0 rings (SSSR count). The van der Waals surface area contributed by atoms with Crippen molar-refractivity contribution in [3.63, 3.8) is 0 Å². The number of hydrogen-bond donors (Lipinski definition) is 2. The number of aliphatic carboxylic acids is 3. The maximum atomic E-state index is 11.0. The Balaban J connectivity index is 4.37. The van der Waals surface area contributed by atoms with Gasteiger partial charge in [-0.1, -0.05) is 83.3 Å². The molecule has 7 nitrogen and oxygen atoms in total. The molecule has 0 aliphatic carbocycles. The quantitative estimate of drug-likeness (QED) is 0.0451. The lowest BCUT2D eigenvalue weighted by atomic mass is 10.1. The summed E-state index contributed by atoms with van der Waals surface area (Å²) >= 11 is 0. The third kappa shape index (κ3) is 28.2. The van der Waals surface area contributed by atoms with E-state index in [1.807, 2.05) is 0 Å². The van der Waals surface area contributed by atoms with Crippen LogP contribution in [0, 0.1) is 0 Å². The minimum absolute atomic E-state index is 0.0612. The Morgan fingerprint density at radius 3 is 1.21 bits per heavy atom. The Morgan fingerprint density at radius 1 is 0.500 bits per heavy atom. The van der Waals surface area contributed by atoms with E-state index in [0.717, 1.165) is 69.2 Å². The Labute approximate surface area is 257 Å². The summed E-state index contributed by atoms with van der Waals surface area (Å²) in [5.41, 5.74) is 0. The average molecular weight is 596 g/mol. The van der Waals surface area contributed by atoms with Gasteiger partial charge in [-0.05, 0) is 83.5 Å². The summed E-state index contributed by atoms with van der Waals surface area (Å²) in [6.07, 6.45) is 30.0. The maximum Gasteiger partial charge on any atom is 0.303 e. The lowest BCUT2D eigenvalue weighted by Crippen LogP contribution is -2.51. The number of allylic oxidation sites excluding steroid dienone is 2. The fraction of sp³-hybridized carbons (Fsp3) is 0.857. The fourth-order valence-corrected chi connectivity index (χ4v) is 5.88. The van der Waals surface area contributed by atoms with Crippen molar-refractivity contribution in [2.24, 2.45) is 0 Å². The van der Waals surface area contributed by atoms with Gasteiger partial charge in [-0.3, -0.25) is 9.59 Å². The summed E-state index contributed by atoms with van der Waals surface area (Å²) in [6.45, 7) is 5.86. The van der Waals surface area contributed by atoms with Crippen LogP contribution in [0.2, 0.25) is 0 Å². The molecular weight excluding hydrogens is 530 g/mol. The number of quaternary nitrogens is 1. The molecule has 0 aliphatic rings. The van der Waals surface area contributed by atoms with Crippen LogP contribution < -0.4 is 5.11 Å². The molecule has 0 aliphatic heterocycles. The average Bonchev–Trinajstić information content (AvgIpc) is 2.94. The van der Waals surface area contributed by atoms with Crippen LogP contribution in [0.25, 0.3) is 0 Å². The van der Waals surface area contributed by atoms with Crippen LogP contribution in [0.1, 0.15) is 167 Å². The molecule has 0 aromatic carbocycles. The van der Waals surface area contributed by atoms with Gasteiger partial charge < -0.3 is 24.6 Å². The van der Waals surface area contributed by atoms with Crippen LogP contribution in [-0.2, 0) is 14.4 Å². The van der Waals surface area contributed by atoms with Crippen molar-refractivity contribution in [1.29, 1.82) is 0 Å². The van der Waals surface area contributed by atoms with Gasteiger partial charge in [0.15, 0.2) is 0 Å². The van der Waals surface area contributed by atoms with Gasteiger partial charge in [-0.15, -0.1) is 0 Å². The summed E-state index contributed by atoms with van der Waals surface area (Å²) in [5, 5.41) is 29.0. The van der Waals surface area contributed by atoms with E-state index in [4.69, 9.17) is 10.2 Å². The first-order chi connectivity index (χ1) is 20.3. The minimum Gasteiger partial charge on any atom is -0.550 e. The number of carboxylic acids is 3. The fourth-order valence-electron chi connectivity index (χ4n) is 5.88. The Kier molecular flexibility index (Phi) is 27.9. The molecule has 0 unspecified atom stereocenters. The van der Waals surface area contributed by atoms with Crippen molar-refractivity contribution in [2.45, 2.75) is 167 Å². The van der Waals surface area contributed by atoms with Crippen molar-refractivity contribution in [2.75, 3.05) is 26.2 Å². The number of carboxylic acid groups (broad SMARTS) is 3. The lowest BCUT2D eigenvalue weighted by Gasteiger charge is -2.39. The molecule has 0 spiro atoms. The van der Waals surface area contributed by atoms with Crippen molar-refractivity contribution < 1.29 is 34.2 Å². The molecule has 0 bridgehead atoms. The molecule has 246 valence electrons. The zero-order valence-electron chi connectivity index (χ0n) is 27.1. The smallest absolute Gasteiger partial charge is 0.303 e. The van der Waals surface area contributed by atoms with Gasteiger partial charge in [0, 0.05) is 18.8 Å². The molecule has 0 heterocycles. The van der Waals surface area contributed by atoms with Crippen LogP contribution in [0.3, 0.4) is 0 Å². The van der Waals surface area contributed by atoms with Crippen LogP contribution in [-0.4, -0.2) is 58.8 Å². The standard InChI is InChI=1S/C35H65NO6/c1-2-3-4-5-6-7-8-9-10-11-12-13-14-15-16-17-18-22-29-36(30-23-19-26-33(37)38,31-24-20-27-34(39)40)32-25-21-28-35(41)42/h12-13H,2-11,14-32H2,1H3,(H2-,37,38,39,40,41,42)/b13-12+. The molecule has 0 saturated carbocycles. The summed E-state index contributed by atoms with van der Waals surface area (Å²) < 4.78 is 0.841. The van der Waals surface area contributed by atoms with Gasteiger partial charge in [0.1, 0.15) is 0 Å². The highest BCUT2D eigenvalue weighted by atomic mass is 16.4. The zero-order chi connectivity index (χ0) is 31.2. The van der Waals surface area contributed by atoms with Crippen molar-refractivity contribution in [3.8, 4) is 0 Å². The van der Waals surface area contributed by atoms with Crippen molar-refractivity contribution >= 4 is 17.9 Å². The van der Waals surface area contributed by atoms with Gasteiger partial charge >= 0.3 is 11.9 Å². The third-order valence-corrected chi connectivity index (χ3v) is 8.45.